The van der Waals surface area contributed by atoms with Crippen molar-refractivity contribution in [3.63, 3.8) is 0 Å². The van der Waals surface area contributed by atoms with Crippen LogP contribution in [0.4, 0.5) is 0 Å². The fourth-order valence-corrected chi connectivity index (χ4v) is 1.94. The van der Waals surface area contributed by atoms with E-state index in [1.165, 1.54) is 0 Å². The number of halogens is 2. The Labute approximate surface area is 115 Å². The quantitative estimate of drug-likeness (QED) is 0.453. The van der Waals surface area contributed by atoms with Crippen LogP contribution in [0.2, 0.25) is 10.0 Å². The molecule has 6 heteroatoms. The molecule has 0 radical (unpaired) electrons. The number of ether oxygens (including phenoxy) is 1. The molecule has 0 fully saturated rings. The summed E-state index contributed by atoms with van der Waals surface area (Å²) in [5, 5.41) is 11.5. The van der Waals surface area contributed by atoms with Gasteiger partial charge in [-0.1, -0.05) is 41.4 Å². The second-order valence-electron chi connectivity index (χ2n) is 3.57. The van der Waals surface area contributed by atoms with Gasteiger partial charge in [-0.3, -0.25) is 10.1 Å². The van der Waals surface area contributed by atoms with Crippen molar-refractivity contribution in [3.05, 3.63) is 56.1 Å². The van der Waals surface area contributed by atoms with E-state index in [1.807, 2.05) is 13.0 Å². The van der Waals surface area contributed by atoms with Gasteiger partial charge in [-0.2, -0.15) is 0 Å². The van der Waals surface area contributed by atoms with Crippen LogP contribution in [0.5, 0.6) is 0 Å². The van der Waals surface area contributed by atoms with Crippen molar-refractivity contribution in [2.75, 3.05) is 13.2 Å². The van der Waals surface area contributed by atoms with E-state index in [0.29, 0.717) is 22.2 Å². The van der Waals surface area contributed by atoms with E-state index in [-0.39, 0.29) is 6.54 Å². The first-order chi connectivity index (χ1) is 8.54. The molecule has 1 unspecified atom stereocenters. The second kappa shape index (κ2) is 7.36. The Balaban J connectivity index is 2.89. The van der Waals surface area contributed by atoms with Gasteiger partial charge in [-0.05, 0) is 19.1 Å². The third kappa shape index (κ3) is 4.64. The van der Waals surface area contributed by atoms with E-state index in [4.69, 9.17) is 27.9 Å². The summed E-state index contributed by atoms with van der Waals surface area (Å²) in [5.41, 5.74) is 0.572. The zero-order chi connectivity index (χ0) is 13.5. The zero-order valence-corrected chi connectivity index (χ0v) is 11.3. The minimum atomic E-state index is -0.680. The van der Waals surface area contributed by atoms with E-state index in [2.05, 4.69) is 0 Å². The highest BCUT2D eigenvalue weighted by molar-refractivity contribution is 6.35. The molecule has 1 aromatic rings. The average Bonchev–Trinajstić information content (AvgIpc) is 2.27. The van der Waals surface area contributed by atoms with Gasteiger partial charge in [0, 0.05) is 20.5 Å². The monoisotopic (exact) mass is 289 g/mol. The topological polar surface area (TPSA) is 52.4 Å². The highest BCUT2D eigenvalue weighted by Gasteiger charge is 2.20. The van der Waals surface area contributed by atoms with Crippen molar-refractivity contribution >= 4 is 23.2 Å². The molecule has 1 atom stereocenters. The van der Waals surface area contributed by atoms with Gasteiger partial charge < -0.3 is 4.74 Å². The number of rotatable bonds is 6. The molecular formula is C12H13Cl2NO3. The summed E-state index contributed by atoms with van der Waals surface area (Å²) in [5.74, 6) is 0. The van der Waals surface area contributed by atoms with Gasteiger partial charge >= 0.3 is 0 Å². The summed E-state index contributed by atoms with van der Waals surface area (Å²) < 4.78 is 5.44. The van der Waals surface area contributed by atoms with Gasteiger partial charge in [0.1, 0.15) is 6.10 Å². The molecule has 98 valence electrons. The smallest absolute Gasteiger partial charge is 0.233 e. The van der Waals surface area contributed by atoms with Crippen molar-refractivity contribution in [1.29, 1.82) is 0 Å². The van der Waals surface area contributed by atoms with Crippen LogP contribution < -0.4 is 0 Å². The van der Waals surface area contributed by atoms with Crippen molar-refractivity contribution in [2.24, 2.45) is 0 Å². The van der Waals surface area contributed by atoms with Gasteiger partial charge in [-0.15, -0.1) is 0 Å². The third-order valence-corrected chi connectivity index (χ3v) is 2.82. The Kier molecular flexibility index (Phi) is 6.12. The fraction of sp³-hybridized carbons (Fsp3) is 0.333. The van der Waals surface area contributed by atoms with Crippen LogP contribution in [0.15, 0.2) is 30.4 Å². The summed E-state index contributed by atoms with van der Waals surface area (Å²) >= 11 is 11.8. The summed E-state index contributed by atoms with van der Waals surface area (Å²) in [6.45, 7) is 1.81. The van der Waals surface area contributed by atoms with Gasteiger partial charge in [0.15, 0.2) is 0 Å². The first-order valence-electron chi connectivity index (χ1n) is 5.34. The molecule has 0 aliphatic rings. The maximum atomic E-state index is 10.6. The van der Waals surface area contributed by atoms with Crippen LogP contribution in [0.25, 0.3) is 0 Å². The summed E-state index contributed by atoms with van der Waals surface area (Å²) in [4.78, 5) is 10.2. The van der Waals surface area contributed by atoms with Gasteiger partial charge in [0.25, 0.3) is 0 Å². The van der Waals surface area contributed by atoms with Gasteiger partial charge in [0.05, 0.1) is 6.61 Å². The predicted octanol–water partition coefficient (Wildman–Crippen LogP) is 3.90. The fourth-order valence-electron chi connectivity index (χ4n) is 1.41. The maximum absolute atomic E-state index is 10.6. The Hall–Kier alpha value is -1.10. The number of hydrogen-bond donors (Lipinski definition) is 0. The molecular weight excluding hydrogens is 277 g/mol. The van der Waals surface area contributed by atoms with Crippen molar-refractivity contribution in [2.45, 2.75) is 13.0 Å². The van der Waals surface area contributed by atoms with Crippen molar-refractivity contribution < 1.29 is 9.66 Å². The molecule has 0 spiro atoms. The molecule has 0 aliphatic carbocycles. The van der Waals surface area contributed by atoms with Crippen molar-refractivity contribution in [3.8, 4) is 0 Å². The Morgan fingerprint density at radius 2 is 2.22 bits per heavy atom. The number of allylic oxidation sites excluding steroid dienone is 1. The molecule has 1 aromatic carbocycles. The molecule has 1 rings (SSSR count). The van der Waals surface area contributed by atoms with Crippen LogP contribution in [0.1, 0.15) is 18.6 Å². The second-order valence-corrected chi connectivity index (χ2v) is 4.42. The highest BCUT2D eigenvalue weighted by Crippen LogP contribution is 2.28. The lowest BCUT2D eigenvalue weighted by Gasteiger charge is -2.15. The lowest BCUT2D eigenvalue weighted by molar-refractivity contribution is -0.492. The minimum Gasteiger partial charge on any atom is -0.363 e. The van der Waals surface area contributed by atoms with Crippen LogP contribution >= 0.6 is 23.2 Å². The summed E-state index contributed by atoms with van der Waals surface area (Å²) in [6.07, 6.45) is 2.91. The standard InChI is InChI=1S/C12H13Cl2NO3/c1-2-3-6-18-12(8-15(16)17)10-5-4-9(13)7-11(10)14/h2-5,7,12H,6,8H2,1H3/b3-2+. The van der Waals surface area contributed by atoms with E-state index in [0.717, 1.165) is 0 Å². The largest absolute Gasteiger partial charge is 0.363 e. The normalized spacial score (nSPS) is 12.8. The minimum absolute atomic E-state index is 0.300. The number of nitro groups is 1. The van der Waals surface area contributed by atoms with Crippen LogP contribution in [-0.2, 0) is 4.74 Å². The Morgan fingerprint density at radius 1 is 1.50 bits per heavy atom. The first kappa shape index (κ1) is 15.0. The summed E-state index contributed by atoms with van der Waals surface area (Å²) in [7, 11) is 0. The van der Waals surface area contributed by atoms with Crippen molar-refractivity contribution in [1.82, 2.24) is 0 Å². The predicted molar refractivity (Wildman–Crippen MR) is 71.8 cm³/mol. The first-order valence-corrected chi connectivity index (χ1v) is 6.09. The molecule has 0 aromatic heterocycles. The van der Waals surface area contributed by atoms with Crippen LogP contribution in [0.3, 0.4) is 0 Å². The van der Waals surface area contributed by atoms with E-state index in [1.54, 1.807) is 24.3 Å². The van der Waals surface area contributed by atoms with Gasteiger partial charge in [-0.25, -0.2) is 0 Å². The highest BCUT2D eigenvalue weighted by atomic mass is 35.5. The van der Waals surface area contributed by atoms with E-state index >= 15 is 0 Å². The molecule has 0 saturated heterocycles. The molecule has 0 heterocycles. The molecule has 0 bridgehead atoms. The number of benzene rings is 1. The number of nitrogens with zero attached hydrogens (tertiary/aromatic N) is 1. The lowest BCUT2D eigenvalue weighted by Crippen LogP contribution is -2.16. The Bertz CT molecular complexity index is 449. The average molecular weight is 290 g/mol. The van der Waals surface area contributed by atoms with Gasteiger partial charge in [0.2, 0.25) is 6.54 Å². The van der Waals surface area contributed by atoms with E-state index < -0.39 is 11.0 Å². The molecule has 0 N–H and O–H groups in total. The summed E-state index contributed by atoms with van der Waals surface area (Å²) in [6, 6.07) is 4.83. The third-order valence-electron chi connectivity index (χ3n) is 2.25. The van der Waals surface area contributed by atoms with E-state index in [9.17, 15) is 10.1 Å². The number of hydrogen-bond acceptors (Lipinski definition) is 3. The SMILES string of the molecule is C/C=C/COC(C[N+](=O)[O-])c1ccc(Cl)cc1Cl. The maximum Gasteiger partial charge on any atom is 0.233 e. The molecule has 0 amide bonds. The molecule has 4 nitrogen and oxygen atoms in total. The molecule has 0 aliphatic heterocycles. The lowest BCUT2D eigenvalue weighted by atomic mass is 10.1. The zero-order valence-electron chi connectivity index (χ0n) is 9.81. The van der Waals surface area contributed by atoms with Crippen LogP contribution in [0, 0.1) is 10.1 Å². The molecule has 0 saturated carbocycles. The molecule has 18 heavy (non-hydrogen) atoms. The van der Waals surface area contributed by atoms with Crippen LogP contribution in [-0.4, -0.2) is 18.1 Å². The Morgan fingerprint density at radius 3 is 2.78 bits per heavy atom.